The molecule has 0 N–H and O–H groups in total. The summed E-state index contributed by atoms with van der Waals surface area (Å²) in [6.45, 7) is 9.79. The molecule has 0 aromatic heterocycles. The number of hydrogen-bond donors (Lipinski definition) is 0. The quantitative estimate of drug-likeness (QED) is 0.162. The second-order valence-corrected chi connectivity index (χ2v) is 16.0. The number of benzene rings is 9. The Morgan fingerprint density at radius 2 is 0.808 bits per heavy atom. The average Bonchev–Trinajstić information content (AvgIpc) is 3.55. The van der Waals surface area contributed by atoms with E-state index in [4.69, 9.17) is 0 Å². The summed E-state index contributed by atoms with van der Waals surface area (Å²) < 4.78 is 0. The third-order valence-corrected chi connectivity index (χ3v) is 12.6. The minimum atomic E-state index is -0.190. The van der Waals surface area contributed by atoms with Crippen molar-refractivity contribution in [1.82, 2.24) is 0 Å². The molecule has 2 aliphatic rings. The Balaban J connectivity index is 1.23. The molecule has 0 heterocycles. The van der Waals surface area contributed by atoms with E-state index in [1.165, 1.54) is 110 Å². The first-order valence-electron chi connectivity index (χ1n) is 18.6. The first kappa shape index (κ1) is 29.7. The van der Waals surface area contributed by atoms with E-state index in [9.17, 15) is 0 Å². The van der Waals surface area contributed by atoms with Gasteiger partial charge in [0.2, 0.25) is 0 Å². The van der Waals surface area contributed by atoms with Gasteiger partial charge in [-0.15, -0.1) is 0 Å². The summed E-state index contributed by atoms with van der Waals surface area (Å²) in [4.78, 5) is 0. The molecule has 0 amide bonds. The lowest BCUT2D eigenvalue weighted by Gasteiger charge is -2.31. The number of rotatable bonds is 2. The fourth-order valence-electron chi connectivity index (χ4n) is 10.3. The van der Waals surface area contributed by atoms with Gasteiger partial charge in [-0.05, 0) is 122 Å². The van der Waals surface area contributed by atoms with Gasteiger partial charge in [0.15, 0.2) is 0 Å². The normalized spacial score (nSPS) is 14.8. The summed E-state index contributed by atoms with van der Waals surface area (Å²) in [5.74, 6) is 0. The van der Waals surface area contributed by atoms with Crippen LogP contribution < -0.4 is 0 Å². The highest BCUT2D eigenvalue weighted by atomic mass is 14.5. The Morgan fingerprint density at radius 3 is 1.50 bits per heavy atom. The molecule has 0 bridgehead atoms. The molecule has 0 saturated carbocycles. The molecule has 0 spiro atoms. The molecular weight excluding hydrogens is 625 g/mol. The summed E-state index contributed by atoms with van der Waals surface area (Å²) in [5, 5.41) is 10.3. The number of fused-ring (bicyclic) bond motifs is 12. The van der Waals surface area contributed by atoms with Crippen LogP contribution in [0.2, 0.25) is 0 Å². The molecule has 2 aliphatic carbocycles. The molecule has 0 nitrogen and oxygen atoms in total. The van der Waals surface area contributed by atoms with E-state index in [2.05, 4.69) is 185 Å². The molecule has 0 radical (unpaired) electrons. The average molecular weight is 663 g/mol. The second-order valence-electron chi connectivity index (χ2n) is 16.0. The van der Waals surface area contributed by atoms with Crippen molar-refractivity contribution in [3.63, 3.8) is 0 Å². The molecule has 0 atom stereocenters. The van der Waals surface area contributed by atoms with Crippen molar-refractivity contribution >= 4 is 43.1 Å². The van der Waals surface area contributed by atoms with Gasteiger partial charge in [0.1, 0.15) is 0 Å². The third-order valence-electron chi connectivity index (χ3n) is 12.6. The van der Waals surface area contributed by atoms with E-state index in [1.807, 2.05) is 0 Å². The molecule has 0 saturated heterocycles. The van der Waals surface area contributed by atoms with Gasteiger partial charge in [-0.1, -0.05) is 173 Å². The molecule has 0 aliphatic heterocycles. The van der Waals surface area contributed by atoms with Crippen LogP contribution in [0.3, 0.4) is 0 Å². The zero-order valence-electron chi connectivity index (χ0n) is 30.0. The van der Waals surface area contributed by atoms with Crippen LogP contribution in [0, 0.1) is 0 Å². The highest BCUT2D eigenvalue weighted by Gasteiger charge is 2.46. The van der Waals surface area contributed by atoms with Crippen LogP contribution >= 0.6 is 0 Å². The van der Waals surface area contributed by atoms with Crippen molar-refractivity contribution < 1.29 is 0 Å². The van der Waals surface area contributed by atoms with Gasteiger partial charge in [-0.2, -0.15) is 0 Å². The first-order chi connectivity index (χ1) is 25.3. The molecule has 0 heteroatoms. The largest absolute Gasteiger partial charge is 0.0619 e. The fourth-order valence-corrected chi connectivity index (χ4v) is 10.3. The Labute approximate surface area is 305 Å². The van der Waals surface area contributed by atoms with Gasteiger partial charge in [0, 0.05) is 10.8 Å². The van der Waals surface area contributed by atoms with Crippen molar-refractivity contribution in [3.05, 3.63) is 180 Å². The SMILES string of the molecule is CC1(C)c2ccccc2-c2ccc3c(c21)C(C)(C)c1cc(-c2c4ccccc4c(-c4ccc5ccccc5c4)c4ccccc24)c2ccccc2c1-3. The lowest BCUT2D eigenvalue weighted by atomic mass is 9.72. The van der Waals surface area contributed by atoms with E-state index in [0.717, 1.165) is 0 Å². The Kier molecular flexibility index (Phi) is 5.89. The van der Waals surface area contributed by atoms with Crippen molar-refractivity contribution in [3.8, 4) is 44.5 Å². The fraction of sp³-hybridized carbons (Fsp3) is 0.115. The van der Waals surface area contributed by atoms with E-state index in [0.29, 0.717) is 0 Å². The van der Waals surface area contributed by atoms with E-state index in [-0.39, 0.29) is 10.8 Å². The maximum absolute atomic E-state index is 2.57. The molecule has 246 valence electrons. The van der Waals surface area contributed by atoms with Crippen LogP contribution in [0.25, 0.3) is 87.6 Å². The van der Waals surface area contributed by atoms with Crippen LogP contribution in [0.1, 0.15) is 49.9 Å². The van der Waals surface area contributed by atoms with Gasteiger partial charge < -0.3 is 0 Å². The van der Waals surface area contributed by atoms with E-state index in [1.54, 1.807) is 0 Å². The molecule has 9 aromatic carbocycles. The van der Waals surface area contributed by atoms with Crippen LogP contribution in [0.4, 0.5) is 0 Å². The molecule has 11 rings (SSSR count). The second kappa shape index (κ2) is 10.3. The Bertz CT molecular complexity index is 2950. The summed E-state index contributed by atoms with van der Waals surface area (Å²) in [6.07, 6.45) is 0. The predicted molar refractivity (Wildman–Crippen MR) is 222 cm³/mol. The van der Waals surface area contributed by atoms with Crippen molar-refractivity contribution in [1.29, 1.82) is 0 Å². The van der Waals surface area contributed by atoms with Gasteiger partial charge >= 0.3 is 0 Å². The van der Waals surface area contributed by atoms with Crippen LogP contribution in [-0.2, 0) is 10.8 Å². The predicted octanol–water partition coefficient (Wildman–Crippen LogP) is 14.2. The summed E-state index contributed by atoms with van der Waals surface area (Å²) in [7, 11) is 0. The molecule has 9 aromatic rings. The highest BCUT2D eigenvalue weighted by Crippen LogP contribution is 2.61. The maximum Gasteiger partial charge on any atom is 0.0162 e. The van der Waals surface area contributed by atoms with E-state index >= 15 is 0 Å². The smallest absolute Gasteiger partial charge is 0.0162 e. The third kappa shape index (κ3) is 3.77. The van der Waals surface area contributed by atoms with Gasteiger partial charge in [-0.25, -0.2) is 0 Å². The lowest BCUT2D eigenvalue weighted by Crippen LogP contribution is -2.24. The molecule has 0 unspecified atom stereocenters. The minimum Gasteiger partial charge on any atom is -0.0619 e. The van der Waals surface area contributed by atoms with Crippen molar-refractivity contribution in [2.24, 2.45) is 0 Å². The molecular formula is C52H38. The van der Waals surface area contributed by atoms with Crippen LogP contribution in [0.15, 0.2) is 158 Å². The highest BCUT2D eigenvalue weighted by molar-refractivity contribution is 6.25. The summed E-state index contributed by atoms with van der Waals surface area (Å²) in [5.41, 5.74) is 16.3. The van der Waals surface area contributed by atoms with Crippen molar-refractivity contribution in [2.75, 3.05) is 0 Å². The standard InChI is InChI=1S/C52H38/c1-51(2)44-24-14-13-18-35(44)41-27-28-42-48-36-19-8-7-17-34(36)43(30-45(48)52(3,4)50(42)49(41)51)47-39-22-11-9-20-37(39)46(38-21-10-12-23-40(38)47)33-26-25-31-15-5-6-16-32(31)29-33/h5-30H,1-4H3. The lowest BCUT2D eigenvalue weighted by molar-refractivity contribution is 0.601. The Hall–Kier alpha value is -5.98. The zero-order chi connectivity index (χ0) is 34.9. The molecule has 0 fully saturated rings. The van der Waals surface area contributed by atoms with Gasteiger partial charge in [0.25, 0.3) is 0 Å². The van der Waals surface area contributed by atoms with Crippen molar-refractivity contribution in [2.45, 2.75) is 38.5 Å². The Morgan fingerprint density at radius 1 is 0.308 bits per heavy atom. The molecule has 52 heavy (non-hydrogen) atoms. The first-order valence-corrected chi connectivity index (χ1v) is 18.6. The van der Waals surface area contributed by atoms with Gasteiger partial charge in [-0.3, -0.25) is 0 Å². The zero-order valence-corrected chi connectivity index (χ0v) is 30.0. The minimum absolute atomic E-state index is 0.0831. The summed E-state index contributed by atoms with van der Waals surface area (Å²) in [6, 6.07) is 59.4. The van der Waals surface area contributed by atoms with Gasteiger partial charge in [0.05, 0.1) is 0 Å². The van der Waals surface area contributed by atoms with E-state index < -0.39 is 0 Å². The maximum atomic E-state index is 2.57. The summed E-state index contributed by atoms with van der Waals surface area (Å²) >= 11 is 0. The van der Waals surface area contributed by atoms with Crippen LogP contribution in [0.5, 0.6) is 0 Å². The number of hydrogen-bond acceptors (Lipinski definition) is 0. The topological polar surface area (TPSA) is 0 Å². The monoisotopic (exact) mass is 662 g/mol. The van der Waals surface area contributed by atoms with Crippen LogP contribution in [-0.4, -0.2) is 0 Å².